The molecule has 0 spiro atoms. The van der Waals surface area contributed by atoms with Crippen molar-refractivity contribution < 1.29 is 33.2 Å². The van der Waals surface area contributed by atoms with Gasteiger partial charge in [0.25, 0.3) is 0 Å². The van der Waals surface area contributed by atoms with E-state index in [2.05, 4.69) is 0 Å². The number of carbonyl (C=O) groups is 1. The van der Waals surface area contributed by atoms with Gasteiger partial charge in [0.1, 0.15) is 0 Å². The van der Waals surface area contributed by atoms with Gasteiger partial charge in [-0.1, -0.05) is 6.07 Å². The lowest BCUT2D eigenvalue weighted by molar-refractivity contribution is -0.260. The Morgan fingerprint density at radius 3 is 2.19 bits per heavy atom. The van der Waals surface area contributed by atoms with Crippen LogP contribution in [0.3, 0.4) is 0 Å². The lowest BCUT2D eigenvalue weighted by Gasteiger charge is -2.16. The van der Waals surface area contributed by atoms with Crippen LogP contribution in [0.2, 0.25) is 0 Å². The van der Waals surface area contributed by atoms with Crippen LogP contribution >= 0.6 is 7.60 Å². The molecule has 0 radical (unpaired) electrons. The summed E-state index contributed by atoms with van der Waals surface area (Å²) >= 11 is 0. The van der Waals surface area contributed by atoms with Gasteiger partial charge in [-0.15, -0.1) is 9.35 Å². The van der Waals surface area contributed by atoms with Crippen molar-refractivity contribution in [2.24, 2.45) is 0 Å². The summed E-state index contributed by atoms with van der Waals surface area (Å²) in [5.41, 5.74) is 0.231. The summed E-state index contributed by atoms with van der Waals surface area (Å²) in [4.78, 5) is 21.1. The molecular weight excluding hydrogens is 299 g/mol. The zero-order chi connectivity index (χ0) is 15.7. The van der Waals surface area contributed by atoms with E-state index in [9.17, 15) is 9.36 Å². The normalized spacial score (nSPS) is 11.4. The quantitative estimate of drug-likeness (QED) is 0.299. The van der Waals surface area contributed by atoms with Crippen LogP contribution in [0.5, 0.6) is 0 Å². The molecule has 0 fully saturated rings. The summed E-state index contributed by atoms with van der Waals surface area (Å²) < 4.78 is 27.1. The highest BCUT2D eigenvalue weighted by Crippen LogP contribution is 2.47. The predicted octanol–water partition coefficient (Wildman–Crippen LogP) is 2.62. The molecule has 21 heavy (non-hydrogen) atoms. The highest BCUT2D eigenvalue weighted by atomic mass is 31.2. The SMILES string of the molecule is CCOOP(=O)(OOCC)c1cccc(C(=O)OCC)c1. The maximum Gasteiger partial charge on any atom is 0.414 e. The van der Waals surface area contributed by atoms with Crippen LogP contribution in [-0.2, 0) is 28.4 Å². The standard InChI is InChI=1S/C13H19O7P/c1-4-16-13(14)11-8-7-9-12(10-11)21(15,19-17-5-2)20-18-6-3/h7-10H,4-6H2,1-3H3. The minimum Gasteiger partial charge on any atom is -0.462 e. The number of rotatable bonds is 9. The van der Waals surface area contributed by atoms with Gasteiger partial charge in [-0.05, 0) is 39.0 Å². The van der Waals surface area contributed by atoms with Crippen molar-refractivity contribution in [3.05, 3.63) is 29.8 Å². The third-order valence-corrected chi connectivity index (χ3v) is 3.72. The van der Waals surface area contributed by atoms with E-state index in [1.807, 2.05) is 0 Å². The van der Waals surface area contributed by atoms with E-state index in [0.717, 1.165) is 0 Å². The van der Waals surface area contributed by atoms with E-state index in [-0.39, 0.29) is 30.7 Å². The van der Waals surface area contributed by atoms with Gasteiger partial charge < -0.3 is 4.74 Å². The lowest BCUT2D eigenvalue weighted by Crippen LogP contribution is -2.14. The van der Waals surface area contributed by atoms with Gasteiger partial charge in [-0.2, -0.15) is 0 Å². The molecule has 0 aliphatic heterocycles. The average Bonchev–Trinajstić information content (AvgIpc) is 2.51. The molecule has 8 heteroatoms. The van der Waals surface area contributed by atoms with Gasteiger partial charge in [0.05, 0.1) is 30.7 Å². The molecule has 1 aromatic rings. The summed E-state index contributed by atoms with van der Waals surface area (Å²) in [5.74, 6) is -0.529. The highest BCUT2D eigenvalue weighted by molar-refractivity contribution is 7.62. The van der Waals surface area contributed by atoms with Gasteiger partial charge >= 0.3 is 13.6 Å². The van der Waals surface area contributed by atoms with Crippen molar-refractivity contribution in [2.75, 3.05) is 19.8 Å². The van der Waals surface area contributed by atoms with Gasteiger partial charge in [-0.25, -0.2) is 19.1 Å². The Balaban J connectivity index is 3.04. The zero-order valence-electron chi connectivity index (χ0n) is 12.2. The molecule has 1 rings (SSSR count). The topological polar surface area (TPSA) is 80.3 Å². The van der Waals surface area contributed by atoms with Crippen LogP contribution in [0.15, 0.2) is 24.3 Å². The second-order valence-corrected chi connectivity index (χ2v) is 5.54. The lowest BCUT2D eigenvalue weighted by atomic mass is 10.2. The number of esters is 1. The van der Waals surface area contributed by atoms with Crippen molar-refractivity contribution in [1.29, 1.82) is 0 Å². The Morgan fingerprint density at radius 2 is 1.67 bits per heavy atom. The Hall–Kier alpha value is -1.24. The number of hydrogen-bond donors (Lipinski definition) is 0. The molecule has 0 aliphatic carbocycles. The van der Waals surface area contributed by atoms with Crippen LogP contribution in [0, 0.1) is 0 Å². The van der Waals surface area contributed by atoms with Crippen molar-refractivity contribution in [3.63, 3.8) is 0 Å². The number of carbonyl (C=O) groups excluding carboxylic acids is 1. The molecule has 1 aromatic carbocycles. The molecule has 0 amide bonds. The minimum atomic E-state index is -3.84. The van der Waals surface area contributed by atoms with Crippen LogP contribution in [0.25, 0.3) is 0 Å². The molecule has 7 nitrogen and oxygen atoms in total. The first-order valence-corrected chi connectivity index (χ1v) is 8.11. The highest BCUT2D eigenvalue weighted by Gasteiger charge is 2.31. The van der Waals surface area contributed by atoms with E-state index in [4.69, 9.17) is 23.9 Å². The summed E-state index contributed by atoms with van der Waals surface area (Å²) in [6.07, 6.45) is 0. The second-order valence-electron chi connectivity index (χ2n) is 3.73. The zero-order valence-corrected chi connectivity index (χ0v) is 13.1. The number of ether oxygens (including phenoxy) is 1. The Kier molecular flexibility index (Phi) is 7.56. The molecule has 0 aromatic heterocycles. The first-order chi connectivity index (χ1) is 10.1. The summed E-state index contributed by atoms with van der Waals surface area (Å²) in [7, 11) is -3.84. The fourth-order valence-corrected chi connectivity index (χ4v) is 2.61. The molecule has 0 unspecified atom stereocenters. The molecule has 0 saturated carbocycles. The van der Waals surface area contributed by atoms with E-state index in [0.29, 0.717) is 0 Å². The molecule has 0 saturated heterocycles. The second kappa shape index (κ2) is 8.92. The molecule has 0 atom stereocenters. The third kappa shape index (κ3) is 5.22. The van der Waals surface area contributed by atoms with E-state index in [1.165, 1.54) is 18.2 Å². The summed E-state index contributed by atoms with van der Waals surface area (Å²) in [6.45, 7) is 5.63. The Bertz CT molecular complexity index is 491. The maximum atomic E-state index is 12.6. The van der Waals surface area contributed by atoms with Crippen LogP contribution < -0.4 is 5.30 Å². The fourth-order valence-electron chi connectivity index (χ4n) is 1.36. The van der Waals surface area contributed by atoms with Crippen molar-refractivity contribution in [2.45, 2.75) is 20.8 Å². The fraction of sp³-hybridized carbons (Fsp3) is 0.462. The third-order valence-electron chi connectivity index (χ3n) is 2.21. The van der Waals surface area contributed by atoms with Gasteiger partial charge in [-0.3, -0.25) is 0 Å². The Labute approximate surface area is 123 Å². The molecule has 0 heterocycles. The molecule has 0 N–H and O–H groups in total. The first-order valence-electron chi connectivity index (χ1n) is 6.57. The summed E-state index contributed by atoms with van der Waals surface area (Å²) in [6, 6.07) is 5.92. The smallest absolute Gasteiger partial charge is 0.414 e. The van der Waals surface area contributed by atoms with Gasteiger partial charge in [0.2, 0.25) is 0 Å². The average molecular weight is 318 g/mol. The number of hydrogen-bond acceptors (Lipinski definition) is 7. The predicted molar refractivity (Wildman–Crippen MR) is 75.1 cm³/mol. The van der Waals surface area contributed by atoms with Gasteiger partial charge in [0.15, 0.2) is 0 Å². The van der Waals surface area contributed by atoms with Crippen molar-refractivity contribution in [3.8, 4) is 0 Å². The van der Waals surface area contributed by atoms with E-state index < -0.39 is 13.6 Å². The largest absolute Gasteiger partial charge is 0.462 e. The molecular formula is C13H19O7P. The van der Waals surface area contributed by atoms with Crippen molar-refractivity contribution in [1.82, 2.24) is 0 Å². The van der Waals surface area contributed by atoms with E-state index in [1.54, 1.807) is 26.8 Å². The summed E-state index contributed by atoms with van der Waals surface area (Å²) in [5, 5.41) is 0.134. The monoisotopic (exact) mass is 318 g/mol. The Morgan fingerprint density at radius 1 is 1.05 bits per heavy atom. The van der Waals surface area contributed by atoms with Crippen LogP contribution in [-0.4, -0.2) is 25.8 Å². The first kappa shape index (κ1) is 17.8. The number of benzene rings is 1. The molecule has 118 valence electrons. The van der Waals surface area contributed by atoms with E-state index >= 15 is 0 Å². The molecule has 0 bridgehead atoms. The van der Waals surface area contributed by atoms with Gasteiger partial charge in [0, 0.05) is 0 Å². The maximum absolute atomic E-state index is 12.6. The van der Waals surface area contributed by atoms with Crippen LogP contribution in [0.4, 0.5) is 0 Å². The van der Waals surface area contributed by atoms with Crippen LogP contribution in [0.1, 0.15) is 31.1 Å². The molecule has 0 aliphatic rings. The minimum absolute atomic E-state index is 0.134. The van der Waals surface area contributed by atoms with Crippen molar-refractivity contribution >= 4 is 18.9 Å².